The molecule has 0 saturated heterocycles. The number of carbonyl (C=O) groups is 2. The van der Waals surface area contributed by atoms with Crippen molar-refractivity contribution in [3.8, 4) is 11.5 Å². The van der Waals surface area contributed by atoms with Crippen LogP contribution in [-0.2, 0) is 22.7 Å². The van der Waals surface area contributed by atoms with Gasteiger partial charge in [0.25, 0.3) is 0 Å². The smallest absolute Gasteiger partial charge is 0.242 e. The molecule has 0 bridgehead atoms. The minimum absolute atomic E-state index is 0.171. The summed E-state index contributed by atoms with van der Waals surface area (Å²) >= 11 is 5.90. The number of hydrogen-bond acceptors (Lipinski definition) is 4. The van der Waals surface area contributed by atoms with E-state index in [9.17, 15) is 9.59 Å². The molecule has 2 aromatic carbocycles. The molecule has 1 N–H and O–H groups in total. The van der Waals surface area contributed by atoms with Gasteiger partial charge >= 0.3 is 0 Å². The normalized spacial score (nSPS) is 13.1. The molecule has 0 aromatic heterocycles. The van der Waals surface area contributed by atoms with E-state index in [0.717, 1.165) is 11.1 Å². The summed E-state index contributed by atoms with van der Waals surface area (Å²) in [6.07, 6.45) is 0. The molecule has 6 nitrogen and oxygen atoms in total. The van der Waals surface area contributed by atoms with Gasteiger partial charge in [0.1, 0.15) is 6.04 Å². The van der Waals surface area contributed by atoms with E-state index in [0.29, 0.717) is 29.6 Å². The Morgan fingerprint density at radius 2 is 1.78 bits per heavy atom. The molecule has 0 fully saturated rings. The molecular formula is C20H21ClN2O4. The Balaban J connectivity index is 1.61. The van der Waals surface area contributed by atoms with E-state index in [1.165, 1.54) is 11.8 Å². The third-order valence-corrected chi connectivity index (χ3v) is 4.67. The van der Waals surface area contributed by atoms with Crippen LogP contribution < -0.4 is 14.8 Å². The first-order valence-electron chi connectivity index (χ1n) is 8.62. The van der Waals surface area contributed by atoms with E-state index in [2.05, 4.69) is 5.32 Å². The second-order valence-corrected chi connectivity index (χ2v) is 6.79. The van der Waals surface area contributed by atoms with E-state index in [1.807, 2.05) is 30.3 Å². The zero-order chi connectivity index (χ0) is 19.4. The Morgan fingerprint density at radius 3 is 2.48 bits per heavy atom. The second kappa shape index (κ2) is 8.31. The molecule has 2 aromatic rings. The summed E-state index contributed by atoms with van der Waals surface area (Å²) in [5.74, 6) is 0.972. The van der Waals surface area contributed by atoms with Crippen molar-refractivity contribution in [1.82, 2.24) is 10.2 Å². The predicted octanol–water partition coefficient (Wildman–Crippen LogP) is 3.12. The van der Waals surface area contributed by atoms with Crippen LogP contribution in [0.4, 0.5) is 0 Å². The number of amides is 2. The van der Waals surface area contributed by atoms with Gasteiger partial charge in [-0.15, -0.1) is 0 Å². The number of benzene rings is 2. The molecule has 1 atom stereocenters. The van der Waals surface area contributed by atoms with Gasteiger partial charge in [0.05, 0.1) is 0 Å². The number of ether oxygens (including phenoxy) is 2. The van der Waals surface area contributed by atoms with Gasteiger partial charge in [-0.25, -0.2) is 0 Å². The summed E-state index contributed by atoms with van der Waals surface area (Å²) in [5, 5.41) is 3.50. The average Bonchev–Trinajstić information content (AvgIpc) is 3.12. The van der Waals surface area contributed by atoms with Gasteiger partial charge in [0, 0.05) is 25.0 Å². The number of carbonyl (C=O) groups excluding carboxylic acids is 2. The van der Waals surface area contributed by atoms with Gasteiger partial charge in [0.2, 0.25) is 18.6 Å². The molecule has 2 amide bonds. The Labute approximate surface area is 163 Å². The largest absolute Gasteiger partial charge is 0.454 e. The number of rotatable bonds is 6. The molecule has 0 radical (unpaired) electrons. The summed E-state index contributed by atoms with van der Waals surface area (Å²) in [4.78, 5) is 26.1. The topological polar surface area (TPSA) is 67.9 Å². The van der Waals surface area contributed by atoms with Crippen LogP contribution >= 0.6 is 11.6 Å². The first kappa shape index (κ1) is 19.0. The van der Waals surface area contributed by atoms with Crippen molar-refractivity contribution in [3.63, 3.8) is 0 Å². The van der Waals surface area contributed by atoms with Gasteiger partial charge < -0.3 is 19.7 Å². The number of nitrogens with one attached hydrogen (secondary N) is 1. The second-order valence-electron chi connectivity index (χ2n) is 6.35. The maximum Gasteiger partial charge on any atom is 0.242 e. The number of halogens is 1. The molecule has 27 heavy (non-hydrogen) atoms. The fourth-order valence-electron chi connectivity index (χ4n) is 2.84. The van der Waals surface area contributed by atoms with Gasteiger partial charge in [-0.1, -0.05) is 29.8 Å². The Bertz CT molecular complexity index is 838. The molecule has 3 rings (SSSR count). The Hall–Kier alpha value is -2.73. The van der Waals surface area contributed by atoms with Crippen LogP contribution in [0, 0.1) is 0 Å². The maximum atomic E-state index is 12.6. The summed E-state index contributed by atoms with van der Waals surface area (Å²) in [5.41, 5.74) is 1.80. The fraction of sp³-hybridized carbons (Fsp3) is 0.300. The van der Waals surface area contributed by atoms with Crippen LogP contribution in [0.1, 0.15) is 25.0 Å². The van der Waals surface area contributed by atoms with Crippen molar-refractivity contribution in [2.75, 3.05) is 6.79 Å². The molecule has 1 aliphatic rings. The van der Waals surface area contributed by atoms with Crippen molar-refractivity contribution >= 4 is 23.4 Å². The van der Waals surface area contributed by atoms with Crippen molar-refractivity contribution in [2.45, 2.75) is 33.0 Å². The highest BCUT2D eigenvalue weighted by Gasteiger charge is 2.24. The third kappa shape index (κ3) is 4.71. The van der Waals surface area contributed by atoms with E-state index in [1.54, 1.807) is 19.1 Å². The van der Waals surface area contributed by atoms with Crippen molar-refractivity contribution < 1.29 is 19.1 Å². The van der Waals surface area contributed by atoms with Crippen LogP contribution in [0.15, 0.2) is 42.5 Å². The van der Waals surface area contributed by atoms with Crippen molar-refractivity contribution in [2.24, 2.45) is 0 Å². The summed E-state index contributed by atoms with van der Waals surface area (Å²) < 4.78 is 10.6. The van der Waals surface area contributed by atoms with Crippen LogP contribution in [0.25, 0.3) is 0 Å². The molecular weight excluding hydrogens is 368 g/mol. The third-order valence-electron chi connectivity index (χ3n) is 4.42. The molecule has 7 heteroatoms. The van der Waals surface area contributed by atoms with E-state index in [4.69, 9.17) is 21.1 Å². The van der Waals surface area contributed by atoms with Crippen LogP contribution in [0.2, 0.25) is 5.02 Å². The Morgan fingerprint density at radius 1 is 1.11 bits per heavy atom. The quantitative estimate of drug-likeness (QED) is 0.825. The number of nitrogens with zero attached hydrogens (tertiary/aromatic N) is 1. The minimum atomic E-state index is -0.604. The van der Waals surface area contributed by atoms with Crippen molar-refractivity contribution in [1.29, 1.82) is 0 Å². The van der Waals surface area contributed by atoms with Gasteiger partial charge in [-0.05, 0) is 42.3 Å². The van der Waals surface area contributed by atoms with E-state index >= 15 is 0 Å². The standard InChI is InChI=1S/C20H21ClN2O4/c1-13(23(14(2)24)11-15-3-6-17(21)7-4-15)20(25)22-10-16-5-8-18-19(9-16)27-12-26-18/h3-9,13H,10-12H2,1-2H3,(H,22,25). The number of fused-ring (bicyclic) bond motifs is 1. The SMILES string of the molecule is CC(=O)N(Cc1ccc(Cl)cc1)C(C)C(=O)NCc1ccc2c(c1)OCO2. The first-order valence-corrected chi connectivity index (χ1v) is 8.99. The lowest BCUT2D eigenvalue weighted by atomic mass is 10.1. The van der Waals surface area contributed by atoms with Crippen molar-refractivity contribution in [3.05, 3.63) is 58.6 Å². The van der Waals surface area contributed by atoms with Gasteiger partial charge in [-0.2, -0.15) is 0 Å². The molecule has 1 aliphatic heterocycles. The first-order chi connectivity index (χ1) is 12.9. The van der Waals surface area contributed by atoms with E-state index in [-0.39, 0.29) is 18.6 Å². The lowest BCUT2D eigenvalue weighted by Crippen LogP contribution is -2.46. The molecule has 1 heterocycles. The molecule has 0 spiro atoms. The fourth-order valence-corrected chi connectivity index (χ4v) is 2.96. The molecule has 1 unspecified atom stereocenters. The predicted molar refractivity (Wildman–Crippen MR) is 102 cm³/mol. The molecule has 0 saturated carbocycles. The highest BCUT2D eigenvalue weighted by Crippen LogP contribution is 2.32. The monoisotopic (exact) mass is 388 g/mol. The maximum absolute atomic E-state index is 12.6. The van der Waals surface area contributed by atoms with Gasteiger partial charge in [0.15, 0.2) is 11.5 Å². The minimum Gasteiger partial charge on any atom is -0.454 e. The highest BCUT2D eigenvalue weighted by atomic mass is 35.5. The van der Waals surface area contributed by atoms with Crippen LogP contribution in [-0.4, -0.2) is 29.5 Å². The lowest BCUT2D eigenvalue weighted by Gasteiger charge is -2.27. The van der Waals surface area contributed by atoms with Crippen LogP contribution in [0.3, 0.4) is 0 Å². The van der Waals surface area contributed by atoms with Gasteiger partial charge in [-0.3, -0.25) is 9.59 Å². The zero-order valence-electron chi connectivity index (χ0n) is 15.2. The Kier molecular flexibility index (Phi) is 5.86. The number of hydrogen-bond donors (Lipinski definition) is 1. The molecule has 142 valence electrons. The summed E-state index contributed by atoms with van der Waals surface area (Å²) in [6.45, 7) is 4.06. The summed E-state index contributed by atoms with van der Waals surface area (Å²) in [6, 6.07) is 12.1. The van der Waals surface area contributed by atoms with E-state index < -0.39 is 6.04 Å². The lowest BCUT2D eigenvalue weighted by molar-refractivity contribution is -0.139. The zero-order valence-corrected chi connectivity index (χ0v) is 16.0. The van der Waals surface area contributed by atoms with Crippen LogP contribution in [0.5, 0.6) is 11.5 Å². The highest BCUT2D eigenvalue weighted by molar-refractivity contribution is 6.30. The average molecular weight is 389 g/mol. The summed E-state index contributed by atoms with van der Waals surface area (Å²) in [7, 11) is 0. The molecule has 0 aliphatic carbocycles.